The number of hydrogen-bond acceptors (Lipinski definition) is 3. The van der Waals surface area contributed by atoms with Gasteiger partial charge in [-0.3, -0.25) is 4.90 Å². The molecule has 2 N–H and O–H groups in total. The van der Waals surface area contributed by atoms with Crippen molar-refractivity contribution in [3.8, 4) is 5.75 Å². The summed E-state index contributed by atoms with van der Waals surface area (Å²) < 4.78 is 19.1. The van der Waals surface area contributed by atoms with Gasteiger partial charge in [-0.2, -0.15) is 0 Å². The van der Waals surface area contributed by atoms with Crippen LogP contribution in [0.15, 0.2) is 42.5 Å². The van der Waals surface area contributed by atoms with Gasteiger partial charge in [-0.15, -0.1) is 0 Å². The van der Waals surface area contributed by atoms with E-state index >= 15 is 0 Å². The Hall–Kier alpha value is -2.07. The second-order valence-electron chi connectivity index (χ2n) is 5.18. The van der Waals surface area contributed by atoms with Gasteiger partial charge in [0.25, 0.3) is 0 Å². The van der Waals surface area contributed by atoms with Crippen LogP contribution in [0.5, 0.6) is 5.75 Å². The van der Waals surface area contributed by atoms with Crippen molar-refractivity contribution in [1.82, 2.24) is 4.90 Å². The Bertz CT molecular complexity index is 615. The van der Waals surface area contributed by atoms with Gasteiger partial charge in [0.2, 0.25) is 0 Å². The number of hydrogen-bond donors (Lipinski definition) is 1. The van der Waals surface area contributed by atoms with Gasteiger partial charge in [0.15, 0.2) is 0 Å². The van der Waals surface area contributed by atoms with Crippen LogP contribution in [0.4, 0.5) is 10.1 Å². The minimum absolute atomic E-state index is 0.0446. The first-order valence-electron chi connectivity index (χ1n) is 6.90. The molecule has 3 nitrogen and oxygen atoms in total. The molecule has 0 amide bonds. The molecular formula is C17H21FN2O. The largest absolute Gasteiger partial charge is 0.497 e. The quantitative estimate of drug-likeness (QED) is 0.854. The minimum atomic E-state index is -0.185. The number of rotatable bonds is 5. The van der Waals surface area contributed by atoms with Gasteiger partial charge in [-0.1, -0.05) is 18.2 Å². The molecule has 2 aromatic rings. The molecule has 0 fully saturated rings. The Labute approximate surface area is 125 Å². The van der Waals surface area contributed by atoms with Gasteiger partial charge in [0, 0.05) is 23.8 Å². The van der Waals surface area contributed by atoms with E-state index in [4.69, 9.17) is 10.5 Å². The first-order chi connectivity index (χ1) is 10.0. The predicted octanol–water partition coefficient (Wildman–Crippen LogP) is 3.61. The fraction of sp³-hybridized carbons (Fsp3) is 0.294. The number of ether oxygens (including phenoxy) is 1. The Morgan fingerprint density at radius 3 is 2.62 bits per heavy atom. The fourth-order valence-corrected chi connectivity index (χ4v) is 2.30. The highest BCUT2D eigenvalue weighted by Crippen LogP contribution is 2.26. The van der Waals surface area contributed by atoms with Crippen LogP contribution in [0.3, 0.4) is 0 Å². The van der Waals surface area contributed by atoms with Crippen LogP contribution in [0.25, 0.3) is 0 Å². The third kappa shape index (κ3) is 3.52. The second-order valence-corrected chi connectivity index (χ2v) is 5.18. The molecule has 0 aromatic heterocycles. The Kier molecular flexibility index (Phi) is 4.81. The Morgan fingerprint density at radius 1 is 1.24 bits per heavy atom. The SMILES string of the molecule is COc1ccc(N)c(CN(C)C(C)c2ccccc2F)c1. The third-order valence-corrected chi connectivity index (χ3v) is 3.79. The first-order valence-corrected chi connectivity index (χ1v) is 6.90. The molecule has 0 bridgehead atoms. The molecule has 2 aromatic carbocycles. The van der Waals surface area contributed by atoms with E-state index in [0.29, 0.717) is 17.8 Å². The van der Waals surface area contributed by atoms with Crippen molar-refractivity contribution in [3.05, 3.63) is 59.4 Å². The average Bonchev–Trinajstić information content (AvgIpc) is 2.49. The summed E-state index contributed by atoms with van der Waals surface area (Å²) >= 11 is 0. The summed E-state index contributed by atoms with van der Waals surface area (Å²) in [5.41, 5.74) is 8.37. The molecule has 0 aliphatic carbocycles. The molecule has 1 atom stereocenters. The summed E-state index contributed by atoms with van der Waals surface area (Å²) in [5.74, 6) is 0.585. The molecule has 21 heavy (non-hydrogen) atoms. The van der Waals surface area contributed by atoms with E-state index in [1.54, 1.807) is 13.2 Å². The highest BCUT2D eigenvalue weighted by molar-refractivity contribution is 5.50. The summed E-state index contributed by atoms with van der Waals surface area (Å²) in [7, 11) is 3.58. The predicted molar refractivity (Wildman–Crippen MR) is 83.7 cm³/mol. The van der Waals surface area contributed by atoms with Gasteiger partial charge < -0.3 is 10.5 Å². The van der Waals surface area contributed by atoms with E-state index in [-0.39, 0.29) is 11.9 Å². The molecule has 112 valence electrons. The van der Waals surface area contributed by atoms with Crippen molar-refractivity contribution < 1.29 is 9.13 Å². The van der Waals surface area contributed by atoms with Gasteiger partial charge in [0.1, 0.15) is 11.6 Å². The molecule has 1 unspecified atom stereocenters. The summed E-state index contributed by atoms with van der Waals surface area (Å²) in [5, 5.41) is 0. The fourth-order valence-electron chi connectivity index (χ4n) is 2.30. The highest BCUT2D eigenvalue weighted by Gasteiger charge is 2.16. The lowest BCUT2D eigenvalue weighted by Crippen LogP contribution is -2.23. The lowest BCUT2D eigenvalue weighted by molar-refractivity contribution is 0.248. The third-order valence-electron chi connectivity index (χ3n) is 3.79. The zero-order chi connectivity index (χ0) is 15.4. The maximum atomic E-state index is 13.9. The van der Waals surface area contributed by atoms with Crippen LogP contribution in [0, 0.1) is 5.82 Å². The van der Waals surface area contributed by atoms with E-state index in [9.17, 15) is 4.39 Å². The van der Waals surface area contributed by atoms with E-state index in [0.717, 1.165) is 11.3 Å². The lowest BCUT2D eigenvalue weighted by Gasteiger charge is -2.26. The van der Waals surface area contributed by atoms with Crippen LogP contribution in [0.1, 0.15) is 24.1 Å². The molecule has 0 aliphatic rings. The first kappa shape index (κ1) is 15.3. The molecule has 0 spiro atoms. The summed E-state index contributed by atoms with van der Waals surface area (Å²) in [6, 6.07) is 12.4. The Balaban J connectivity index is 2.18. The van der Waals surface area contributed by atoms with Crippen molar-refractivity contribution in [2.75, 3.05) is 19.9 Å². The van der Waals surface area contributed by atoms with Crippen LogP contribution < -0.4 is 10.5 Å². The van der Waals surface area contributed by atoms with Crippen molar-refractivity contribution >= 4 is 5.69 Å². The standard InChI is InChI=1S/C17H21FN2O/c1-12(15-6-4-5-7-16(15)18)20(2)11-13-10-14(21-3)8-9-17(13)19/h4-10,12H,11,19H2,1-3H3. The van der Waals surface area contributed by atoms with Gasteiger partial charge in [0.05, 0.1) is 7.11 Å². The maximum absolute atomic E-state index is 13.9. The molecule has 4 heteroatoms. The van der Waals surface area contributed by atoms with Crippen LogP contribution in [-0.4, -0.2) is 19.1 Å². The van der Waals surface area contributed by atoms with E-state index in [2.05, 4.69) is 4.90 Å². The average molecular weight is 288 g/mol. The zero-order valence-electron chi connectivity index (χ0n) is 12.6. The van der Waals surface area contributed by atoms with Crippen LogP contribution in [0.2, 0.25) is 0 Å². The zero-order valence-corrected chi connectivity index (χ0v) is 12.6. The summed E-state index contributed by atoms with van der Waals surface area (Å²) in [6.45, 7) is 2.60. The van der Waals surface area contributed by atoms with E-state index in [1.165, 1.54) is 6.07 Å². The molecule has 0 saturated heterocycles. The number of benzene rings is 2. The molecule has 2 rings (SSSR count). The molecule has 0 aliphatic heterocycles. The van der Waals surface area contributed by atoms with Crippen molar-refractivity contribution in [2.45, 2.75) is 19.5 Å². The minimum Gasteiger partial charge on any atom is -0.497 e. The number of nitrogens with zero attached hydrogens (tertiary/aromatic N) is 1. The van der Waals surface area contributed by atoms with Crippen LogP contribution in [-0.2, 0) is 6.54 Å². The topological polar surface area (TPSA) is 38.5 Å². The van der Waals surface area contributed by atoms with Crippen molar-refractivity contribution in [1.29, 1.82) is 0 Å². The summed E-state index contributed by atoms with van der Waals surface area (Å²) in [6.07, 6.45) is 0. The van der Waals surface area contributed by atoms with E-state index in [1.807, 2.05) is 44.3 Å². The van der Waals surface area contributed by atoms with Gasteiger partial charge in [-0.25, -0.2) is 4.39 Å². The number of methoxy groups -OCH3 is 1. The maximum Gasteiger partial charge on any atom is 0.127 e. The van der Waals surface area contributed by atoms with Gasteiger partial charge >= 0.3 is 0 Å². The van der Waals surface area contributed by atoms with Crippen LogP contribution >= 0.6 is 0 Å². The number of nitrogen functional groups attached to an aromatic ring is 1. The van der Waals surface area contributed by atoms with E-state index < -0.39 is 0 Å². The number of halogens is 1. The summed E-state index contributed by atoms with van der Waals surface area (Å²) in [4.78, 5) is 2.06. The number of nitrogens with two attached hydrogens (primary N) is 1. The van der Waals surface area contributed by atoms with Gasteiger partial charge in [-0.05, 0) is 43.8 Å². The van der Waals surface area contributed by atoms with Crippen molar-refractivity contribution in [3.63, 3.8) is 0 Å². The normalized spacial score (nSPS) is 12.4. The monoisotopic (exact) mass is 288 g/mol. The second kappa shape index (κ2) is 6.59. The number of anilines is 1. The molecule has 0 saturated carbocycles. The van der Waals surface area contributed by atoms with Crippen molar-refractivity contribution in [2.24, 2.45) is 0 Å². The Morgan fingerprint density at radius 2 is 1.95 bits per heavy atom. The highest BCUT2D eigenvalue weighted by atomic mass is 19.1. The molecular weight excluding hydrogens is 267 g/mol. The molecule has 0 radical (unpaired) electrons. The smallest absolute Gasteiger partial charge is 0.127 e. The lowest BCUT2D eigenvalue weighted by atomic mass is 10.1. The molecule has 0 heterocycles.